The maximum absolute atomic E-state index is 13.8. The largest absolute Gasteiger partial charge is 0.482 e. The molecule has 0 spiro atoms. The third kappa shape index (κ3) is 3.64. The number of halogens is 2. The van der Waals surface area contributed by atoms with Gasteiger partial charge in [-0.25, -0.2) is 4.39 Å². The van der Waals surface area contributed by atoms with Gasteiger partial charge in [0.2, 0.25) is 5.91 Å². The van der Waals surface area contributed by atoms with Crippen molar-refractivity contribution in [1.29, 1.82) is 0 Å². The maximum atomic E-state index is 13.8. The van der Waals surface area contributed by atoms with Crippen LogP contribution in [-0.4, -0.2) is 29.9 Å². The van der Waals surface area contributed by atoms with Gasteiger partial charge in [-0.2, -0.15) is 0 Å². The number of rotatable bonds is 4. The van der Waals surface area contributed by atoms with Crippen molar-refractivity contribution in [2.45, 2.75) is 0 Å². The Labute approximate surface area is 154 Å². The van der Waals surface area contributed by atoms with E-state index in [1.165, 1.54) is 4.90 Å². The van der Waals surface area contributed by atoms with Crippen LogP contribution in [0.25, 0.3) is 0 Å². The minimum atomic E-state index is -0.818. The van der Waals surface area contributed by atoms with E-state index in [4.69, 9.17) is 4.74 Å². The maximum Gasteiger partial charge on any atom is 0.271 e. The molecule has 0 aromatic heterocycles. The Morgan fingerprint density at radius 1 is 1.35 bits per heavy atom. The molecule has 0 saturated heterocycles. The number of carbonyl (C=O) groups is 2. The molecule has 0 unspecified atom stereocenters. The molecule has 1 aliphatic rings. The van der Waals surface area contributed by atoms with Crippen molar-refractivity contribution in [2.24, 2.45) is 0 Å². The van der Waals surface area contributed by atoms with Gasteiger partial charge in [-0.05, 0) is 24.3 Å². The first kappa shape index (κ1) is 17.8. The molecule has 1 aliphatic heterocycles. The zero-order valence-electron chi connectivity index (χ0n) is 13.1. The van der Waals surface area contributed by atoms with Crippen molar-refractivity contribution in [3.8, 4) is 5.75 Å². The number of nitro benzene ring substituents is 1. The number of amides is 2. The average molecular weight is 424 g/mol. The molecule has 10 heteroatoms. The average Bonchev–Trinajstić information content (AvgIpc) is 2.59. The Hall–Kier alpha value is -3.01. The summed E-state index contributed by atoms with van der Waals surface area (Å²) in [6, 6.07) is 7.75. The standard InChI is InChI=1S/C16H11BrFN3O5/c17-9-1-4-13-14(5-9)26-8-16(23)20(13)7-15(22)19-12-6-10(21(24)25)2-3-11(12)18/h1-6H,7-8H2,(H,19,22). The van der Waals surface area contributed by atoms with Gasteiger partial charge in [0.15, 0.2) is 6.61 Å². The zero-order valence-corrected chi connectivity index (χ0v) is 14.7. The summed E-state index contributed by atoms with van der Waals surface area (Å²) in [5.41, 5.74) is -0.292. The second-order valence-corrected chi connectivity index (χ2v) is 6.27. The van der Waals surface area contributed by atoms with Gasteiger partial charge < -0.3 is 10.1 Å². The zero-order chi connectivity index (χ0) is 18.8. The van der Waals surface area contributed by atoms with Crippen molar-refractivity contribution >= 4 is 44.8 Å². The lowest BCUT2D eigenvalue weighted by Crippen LogP contribution is -2.43. The smallest absolute Gasteiger partial charge is 0.271 e. The first-order valence-corrected chi connectivity index (χ1v) is 8.11. The Balaban J connectivity index is 1.80. The van der Waals surface area contributed by atoms with Crippen molar-refractivity contribution < 1.29 is 23.6 Å². The highest BCUT2D eigenvalue weighted by Gasteiger charge is 2.27. The van der Waals surface area contributed by atoms with E-state index in [-0.39, 0.29) is 24.5 Å². The van der Waals surface area contributed by atoms with Gasteiger partial charge in [-0.3, -0.25) is 24.6 Å². The first-order valence-electron chi connectivity index (χ1n) is 7.31. The normalized spacial score (nSPS) is 13.0. The molecular weight excluding hydrogens is 413 g/mol. The Bertz CT molecular complexity index is 921. The number of nitro groups is 1. The van der Waals surface area contributed by atoms with E-state index in [0.29, 0.717) is 11.4 Å². The number of nitrogens with one attached hydrogen (secondary N) is 1. The molecule has 2 aromatic carbocycles. The number of carbonyl (C=O) groups excluding carboxylic acids is 2. The summed E-state index contributed by atoms with van der Waals surface area (Å²) >= 11 is 3.29. The van der Waals surface area contributed by atoms with Gasteiger partial charge in [0.1, 0.15) is 18.1 Å². The Morgan fingerprint density at radius 3 is 2.85 bits per heavy atom. The Kier molecular flexibility index (Phi) is 4.85. The minimum Gasteiger partial charge on any atom is -0.482 e. The lowest BCUT2D eigenvalue weighted by atomic mass is 10.2. The monoisotopic (exact) mass is 423 g/mol. The number of benzene rings is 2. The molecule has 0 bridgehead atoms. The van der Waals surface area contributed by atoms with E-state index in [1.807, 2.05) is 0 Å². The van der Waals surface area contributed by atoms with Crippen LogP contribution in [0.2, 0.25) is 0 Å². The number of anilines is 2. The lowest BCUT2D eigenvalue weighted by Gasteiger charge is -2.29. The molecule has 134 valence electrons. The number of non-ortho nitro benzene ring substituents is 1. The SMILES string of the molecule is O=C(CN1C(=O)COc2cc(Br)ccc21)Nc1cc([N+](=O)[O-])ccc1F. The summed E-state index contributed by atoms with van der Waals surface area (Å²) in [5, 5.41) is 13.0. The highest BCUT2D eigenvalue weighted by atomic mass is 79.9. The molecule has 1 heterocycles. The van der Waals surface area contributed by atoms with E-state index in [0.717, 1.165) is 22.7 Å². The highest BCUT2D eigenvalue weighted by Crippen LogP contribution is 2.34. The fourth-order valence-corrected chi connectivity index (χ4v) is 2.75. The van der Waals surface area contributed by atoms with Gasteiger partial charge in [0.25, 0.3) is 11.6 Å². The third-order valence-corrected chi connectivity index (χ3v) is 4.09. The van der Waals surface area contributed by atoms with Gasteiger partial charge in [-0.15, -0.1) is 0 Å². The number of hydrogen-bond donors (Lipinski definition) is 1. The van der Waals surface area contributed by atoms with Crippen molar-refractivity contribution in [3.05, 3.63) is 56.8 Å². The predicted octanol–water partition coefficient (Wildman–Crippen LogP) is 2.86. The van der Waals surface area contributed by atoms with Gasteiger partial charge in [-0.1, -0.05) is 15.9 Å². The van der Waals surface area contributed by atoms with Crippen LogP contribution in [0.5, 0.6) is 5.75 Å². The lowest BCUT2D eigenvalue weighted by molar-refractivity contribution is -0.384. The Morgan fingerprint density at radius 2 is 2.12 bits per heavy atom. The molecule has 2 aromatic rings. The van der Waals surface area contributed by atoms with Gasteiger partial charge >= 0.3 is 0 Å². The van der Waals surface area contributed by atoms with E-state index in [9.17, 15) is 24.1 Å². The molecule has 26 heavy (non-hydrogen) atoms. The summed E-state index contributed by atoms with van der Waals surface area (Å²) < 4.78 is 19.9. The second-order valence-electron chi connectivity index (χ2n) is 5.35. The molecule has 0 radical (unpaired) electrons. The van der Waals surface area contributed by atoms with Crippen molar-refractivity contribution in [1.82, 2.24) is 0 Å². The molecule has 0 fully saturated rings. The molecule has 0 saturated carbocycles. The molecule has 3 rings (SSSR count). The summed E-state index contributed by atoms with van der Waals surface area (Å²) in [7, 11) is 0. The number of nitrogens with zero attached hydrogens (tertiary/aromatic N) is 2. The minimum absolute atomic E-state index is 0.234. The summed E-state index contributed by atoms with van der Waals surface area (Å²) in [4.78, 5) is 35.6. The van der Waals surface area contributed by atoms with Crippen LogP contribution in [0.4, 0.5) is 21.5 Å². The van der Waals surface area contributed by atoms with Crippen LogP contribution in [0.15, 0.2) is 40.9 Å². The molecule has 8 nitrogen and oxygen atoms in total. The van der Waals surface area contributed by atoms with Crippen LogP contribution < -0.4 is 15.0 Å². The predicted molar refractivity (Wildman–Crippen MR) is 93.7 cm³/mol. The van der Waals surface area contributed by atoms with E-state index in [2.05, 4.69) is 21.2 Å². The van der Waals surface area contributed by atoms with Crippen LogP contribution >= 0.6 is 15.9 Å². The van der Waals surface area contributed by atoms with Crippen molar-refractivity contribution in [3.63, 3.8) is 0 Å². The van der Waals surface area contributed by atoms with Crippen molar-refractivity contribution in [2.75, 3.05) is 23.4 Å². The number of hydrogen-bond acceptors (Lipinski definition) is 5. The van der Waals surface area contributed by atoms with Crippen LogP contribution in [0.1, 0.15) is 0 Å². The van der Waals surface area contributed by atoms with E-state index < -0.39 is 22.6 Å². The molecule has 0 aliphatic carbocycles. The summed E-state index contributed by atoms with van der Waals surface area (Å²) in [5.74, 6) is -1.53. The second kappa shape index (κ2) is 7.08. The van der Waals surface area contributed by atoms with E-state index in [1.54, 1.807) is 18.2 Å². The fraction of sp³-hybridized carbons (Fsp3) is 0.125. The quantitative estimate of drug-likeness (QED) is 0.601. The van der Waals surface area contributed by atoms with Crippen LogP contribution in [0.3, 0.4) is 0 Å². The van der Waals surface area contributed by atoms with E-state index >= 15 is 0 Å². The number of fused-ring (bicyclic) bond motifs is 1. The number of ether oxygens (including phenoxy) is 1. The topological polar surface area (TPSA) is 102 Å². The first-order chi connectivity index (χ1) is 12.3. The van der Waals surface area contributed by atoms with Crippen LogP contribution in [-0.2, 0) is 9.59 Å². The third-order valence-electron chi connectivity index (χ3n) is 3.60. The molecule has 0 atom stereocenters. The highest BCUT2D eigenvalue weighted by molar-refractivity contribution is 9.10. The summed E-state index contributed by atoms with van der Waals surface area (Å²) in [6.45, 7) is -0.624. The summed E-state index contributed by atoms with van der Waals surface area (Å²) in [6.07, 6.45) is 0. The molecular formula is C16H11BrFN3O5. The van der Waals surface area contributed by atoms with Gasteiger partial charge in [0.05, 0.1) is 16.3 Å². The molecule has 1 N–H and O–H groups in total. The molecule has 2 amide bonds. The van der Waals surface area contributed by atoms with Crippen LogP contribution in [0, 0.1) is 15.9 Å². The van der Waals surface area contributed by atoms with Gasteiger partial charge in [0, 0.05) is 16.6 Å². The fourth-order valence-electron chi connectivity index (χ4n) is 2.41.